The van der Waals surface area contributed by atoms with E-state index in [9.17, 15) is 9.59 Å². The largest absolute Gasteiger partial charge is 0.480 e. The van der Waals surface area contributed by atoms with Crippen LogP contribution in [0.3, 0.4) is 0 Å². The number of carbonyl (C=O) groups excluding carboxylic acids is 1. The van der Waals surface area contributed by atoms with Crippen LogP contribution in [0.1, 0.15) is 31.1 Å². The Labute approximate surface area is 111 Å². The molecular formula is C13H16ClNO3. The zero-order valence-electron chi connectivity index (χ0n) is 10.6. The van der Waals surface area contributed by atoms with Gasteiger partial charge in [0.15, 0.2) is 0 Å². The van der Waals surface area contributed by atoms with E-state index in [1.807, 2.05) is 0 Å². The van der Waals surface area contributed by atoms with Crippen LogP contribution in [0.4, 0.5) is 0 Å². The second-order valence-corrected chi connectivity index (χ2v) is 5.40. The van der Waals surface area contributed by atoms with E-state index in [0.29, 0.717) is 10.6 Å². The molecular weight excluding hydrogens is 254 g/mol. The minimum Gasteiger partial charge on any atom is -0.480 e. The fraction of sp³-hybridized carbons (Fsp3) is 0.385. The van der Waals surface area contributed by atoms with Gasteiger partial charge in [-0.3, -0.25) is 9.59 Å². The summed E-state index contributed by atoms with van der Waals surface area (Å²) in [6, 6.07) is 6.39. The molecule has 0 atom stereocenters. The first-order valence-corrected chi connectivity index (χ1v) is 5.89. The summed E-state index contributed by atoms with van der Waals surface area (Å²) >= 11 is 5.75. The van der Waals surface area contributed by atoms with Crippen molar-refractivity contribution in [3.63, 3.8) is 0 Å². The average Bonchev–Trinajstić information content (AvgIpc) is 2.24. The zero-order chi connectivity index (χ0) is 13.9. The molecule has 0 spiro atoms. The Morgan fingerprint density at radius 1 is 1.22 bits per heavy atom. The fourth-order valence-corrected chi connectivity index (χ4v) is 1.62. The van der Waals surface area contributed by atoms with Gasteiger partial charge in [-0.1, -0.05) is 11.6 Å². The van der Waals surface area contributed by atoms with Gasteiger partial charge >= 0.3 is 5.97 Å². The van der Waals surface area contributed by atoms with E-state index in [0.717, 1.165) is 0 Å². The van der Waals surface area contributed by atoms with Crippen molar-refractivity contribution in [2.45, 2.75) is 26.3 Å². The van der Waals surface area contributed by atoms with Gasteiger partial charge in [0, 0.05) is 16.1 Å². The van der Waals surface area contributed by atoms with Crippen LogP contribution in [-0.2, 0) is 4.79 Å². The molecule has 0 bridgehead atoms. The SMILES string of the molecule is CC(C)(C)N(CC(=O)O)C(=O)c1ccc(Cl)cc1. The van der Waals surface area contributed by atoms with Crippen LogP contribution < -0.4 is 0 Å². The van der Waals surface area contributed by atoms with E-state index in [1.54, 1.807) is 45.0 Å². The van der Waals surface area contributed by atoms with E-state index >= 15 is 0 Å². The number of amides is 1. The van der Waals surface area contributed by atoms with Crippen LogP contribution in [-0.4, -0.2) is 34.0 Å². The Kier molecular flexibility index (Phi) is 4.35. The zero-order valence-corrected chi connectivity index (χ0v) is 11.4. The molecule has 1 aromatic rings. The molecule has 0 heterocycles. The van der Waals surface area contributed by atoms with Crippen LogP contribution in [0.15, 0.2) is 24.3 Å². The van der Waals surface area contributed by atoms with Crippen molar-refractivity contribution in [2.24, 2.45) is 0 Å². The molecule has 1 aromatic carbocycles. The molecule has 1 amide bonds. The summed E-state index contributed by atoms with van der Waals surface area (Å²) in [6.07, 6.45) is 0. The number of carboxylic acid groups (broad SMARTS) is 1. The minimum absolute atomic E-state index is 0.318. The minimum atomic E-state index is -1.03. The third kappa shape index (κ3) is 3.74. The van der Waals surface area contributed by atoms with Gasteiger partial charge in [0.1, 0.15) is 6.54 Å². The number of hydrogen-bond acceptors (Lipinski definition) is 2. The van der Waals surface area contributed by atoms with Gasteiger partial charge in [-0.05, 0) is 45.0 Å². The van der Waals surface area contributed by atoms with Crippen molar-refractivity contribution in [1.82, 2.24) is 4.90 Å². The lowest BCUT2D eigenvalue weighted by atomic mass is 10.0. The summed E-state index contributed by atoms with van der Waals surface area (Å²) in [5.41, 5.74) is -0.134. The van der Waals surface area contributed by atoms with E-state index in [1.165, 1.54) is 4.90 Å². The lowest BCUT2D eigenvalue weighted by molar-refractivity contribution is -0.138. The van der Waals surface area contributed by atoms with E-state index in [4.69, 9.17) is 16.7 Å². The summed E-state index contributed by atoms with van der Waals surface area (Å²) in [4.78, 5) is 24.4. The van der Waals surface area contributed by atoms with E-state index < -0.39 is 11.5 Å². The van der Waals surface area contributed by atoms with Crippen molar-refractivity contribution < 1.29 is 14.7 Å². The summed E-state index contributed by atoms with van der Waals surface area (Å²) < 4.78 is 0. The van der Waals surface area contributed by atoms with Crippen LogP contribution in [0.5, 0.6) is 0 Å². The molecule has 0 fully saturated rings. The highest BCUT2D eigenvalue weighted by atomic mass is 35.5. The summed E-state index contributed by atoms with van der Waals surface area (Å²) in [5.74, 6) is -1.35. The Morgan fingerprint density at radius 2 is 1.72 bits per heavy atom. The number of aliphatic carboxylic acids is 1. The second kappa shape index (κ2) is 5.40. The molecule has 0 aromatic heterocycles. The predicted octanol–water partition coefficient (Wildman–Crippen LogP) is 2.67. The molecule has 18 heavy (non-hydrogen) atoms. The molecule has 1 N–H and O–H groups in total. The molecule has 0 saturated carbocycles. The molecule has 0 aliphatic rings. The Hall–Kier alpha value is -1.55. The maximum atomic E-state index is 12.3. The predicted molar refractivity (Wildman–Crippen MR) is 69.9 cm³/mol. The lowest BCUT2D eigenvalue weighted by Gasteiger charge is -2.34. The van der Waals surface area contributed by atoms with Crippen LogP contribution >= 0.6 is 11.6 Å². The van der Waals surface area contributed by atoms with E-state index in [2.05, 4.69) is 0 Å². The van der Waals surface area contributed by atoms with Crippen molar-refractivity contribution in [3.8, 4) is 0 Å². The number of rotatable bonds is 3. The molecule has 0 saturated heterocycles. The normalized spacial score (nSPS) is 11.1. The van der Waals surface area contributed by atoms with Crippen molar-refractivity contribution in [1.29, 1.82) is 0 Å². The third-order valence-corrected chi connectivity index (χ3v) is 2.69. The maximum Gasteiger partial charge on any atom is 0.323 e. The Balaban J connectivity index is 3.02. The molecule has 0 radical (unpaired) electrons. The van der Waals surface area contributed by atoms with Gasteiger partial charge in [0.25, 0.3) is 5.91 Å². The molecule has 0 aliphatic carbocycles. The van der Waals surface area contributed by atoms with Crippen LogP contribution in [0, 0.1) is 0 Å². The van der Waals surface area contributed by atoms with Crippen LogP contribution in [0.25, 0.3) is 0 Å². The van der Waals surface area contributed by atoms with Crippen molar-refractivity contribution >= 4 is 23.5 Å². The number of carbonyl (C=O) groups is 2. The standard InChI is InChI=1S/C13H16ClNO3/c1-13(2,3)15(8-11(16)17)12(18)9-4-6-10(14)7-5-9/h4-7H,8H2,1-3H3,(H,16,17). The summed E-state index contributed by atoms with van der Waals surface area (Å²) in [7, 11) is 0. The lowest BCUT2D eigenvalue weighted by Crippen LogP contribution is -2.48. The van der Waals surface area contributed by atoms with Gasteiger partial charge in [-0.25, -0.2) is 0 Å². The van der Waals surface area contributed by atoms with Gasteiger partial charge in [-0.15, -0.1) is 0 Å². The van der Waals surface area contributed by atoms with Gasteiger partial charge in [0.05, 0.1) is 0 Å². The smallest absolute Gasteiger partial charge is 0.323 e. The fourth-order valence-electron chi connectivity index (χ4n) is 1.50. The first-order valence-electron chi connectivity index (χ1n) is 5.51. The van der Waals surface area contributed by atoms with E-state index in [-0.39, 0.29) is 12.5 Å². The Morgan fingerprint density at radius 3 is 2.11 bits per heavy atom. The molecule has 5 heteroatoms. The molecule has 1 rings (SSSR count). The number of hydrogen-bond donors (Lipinski definition) is 1. The summed E-state index contributed by atoms with van der Waals surface area (Å²) in [5, 5.41) is 9.41. The van der Waals surface area contributed by atoms with Crippen molar-refractivity contribution in [3.05, 3.63) is 34.9 Å². The van der Waals surface area contributed by atoms with Gasteiger partial charge in [-0.2, -0.15) is 0 Å². The average molecular weight is 270 g/mol. The molecule has 0 unspecified atom stereocenters. The van der Waals surface area contributed by atoms with Gasteiger partial charge < -0.3 is 10.0 Å². The third-order valence-electron chi connectivity index (χ3n) is 2.44. The molecule has 4 nitrogen and oxygen atoms in total. The number of halogens is 1. The first kappa shape index (κ1) is 14.5. The summed E-state index contributed by atoms with van der Waals surface area (Å²) in [6.45, 7) is 5.06. The highest BCUT2D eigenvalue weighted by molar-refractivity contribution is 6.30. The van der Waals surface area contributed by atoms with Crippen molar-refractivity contribution in [2.75, 3.05) is 6.54 Å². The highest BCUT2D eigenvalue weighted by Crippen LogP contribution is 2.18. The molecule has 0 aliphatic heterocycles. The van der Waals surface area contributed by atoms with Crippen LogP contribution in [0.2, 0.25) is 5.02 Å². The Bertz CT molecular complexity index is 448. The topological polar surface area (TPSA) is 57.6 Å². The monoisotopic (exact) mass is 269 g/mol. The quantitative estimate of drug-likeness (QED) is 0.918. The second-order valence-electron chi connectivity index (χ2n) is 4.96. The number of benzene rings is 1. The van der Waals surface area contributed by atoms with Gasteiger partial charge in [0.2, 0.25) is 0 Å². The number of nitrogens with zero attached hydrogens (tertiary/aromatic N) is 1. The molecule has 98 valence electrons. The highest BCUT2D eigenvalue weighted by Gasteiger charge is 2.29. The number of carboxylic acids is 1. The maximum absolute atomic E-state index is 12.3. The first-order chi connectivity index (χ1) is 8.21.